The zero-order valence-corrected chi connectivity index (χ0v) is 11.4. The van der Waals surface area contributed by atoms with Gasteiger partial charge in [0.05, 0.1) is 17.4 Å². The maximum Gasteiger partial charge on any atom is 0.250 e. The van der Waals surface area contributed by atoms with E-state index in [1.54, 1.807) is 6.20 Å². The number of hydrogen-bond donors (Lipinski definition) is 3. The third-order valence-electron chi connectivity index (χ3n) is 3.97. The number of carbonyl (C=O) groups is 1. The quantitative estimate of drug-likeness (QED) is 0.775. The molecule has 1 heterocycles. The average Bonchev–Trinajstić information content (AvgIpc) is 2.41. The molecule has 5 heteroatoms. The summed E-state index contributed by atoms with van der Waals surface area (Å²) in [5, 5.41) is 3.38. The van der Waals surface area contributed by atoms with E-state index in [4.69, 9.17) is 11.5 Å². The first-order valence-electron chi connectivity index (χ1n) is 6.92. The van der Waals surface area contributed by atoms with Gasteiger partial charge in [0.1, 0.15) is 5.82 Å². The lowest BCUT2D eigenvalue weighted by Crippen LogP contribution is -2.27. The van der Waals surface area contributed by atoms with Crippen LogP contribution >= 0.6 is 0 Å². The maximum atomic E-state index is 11.4. The zero-order valence-electron chi connectivity index (χ0n) is 11.4. The molecular weight excluding hydrogens is 240 g/mol. The molecule has 1 saturated carbocycles. The number of nitrogens with one attached hydrogen (secondary N) is 1. The van der Waals surface area contributed by atoms with Crippen molar-refractivity contribution in [1.29, 1.82) is 0 Å². The van der Waals surface area contributed by atoms with Gasteiger partial charge in [-0.25, -0.2) is 4.98 Å². The normalized spacial score (nSPS) is 23.0. The minimum atomic E-state index is -0.473. The van der Waals surface area contributed by atoms with Crippen molar-refractivity contribution in [3.05, 3.63) is 17.8 Å². The number of primary amides is 1. The molecule has 104 valence electrons. The first-order valence-corrected chi connectivity index (χ1v) is 6.92. The molecule has 1 fully saturated rings. The van der Waals surface area contributed by atoms with Gasteiger partial charge >= 0.3 is 0 Å². The fourth-order valence-corrected chi connectivity index (χ4v) is 2.73. The summed E-state index contributed by atoms with van der Waals surface area (Å²) in [5.74, 6) is 0.686. The molecule has 2 rings (SSSR count). The monoisotopic (exact) mass is 262 g/mol. The summed E-state index contributed by atoms with van der Waals surface area (Å²) in [4.78, 5) is 15.4. The van der Waals surface area contributed by atoms with Gasteiger partial charge in [-0.05, 0) is 37.7 Å². The molecule has 0 unspecified atom stereocenters. The highest BCUT2D eigenvalue weighted by Gasteiger charge is 2.21. The molecule has 0 bridgehead atoms. The van der Waals surface area contributed by atoms with Gasteiger partial charge in [-0.2, -0.15) is 0 Å². The van der Waals surface area contributed by atoms with Crippen molar-refractivity contribution in [3.63, 3.8) is 0 Å². The number of anilines is 2. The van der Waals surface area contributed by atoms with Crippen LogP contribution in [0.2, 0.25) is 0 Å². The van der Waals surface area contributed by atoms with Crippen LogP contribution in [0, 0.1) is 5.92 Å². The lowest BCUT2D eigenvalue weighted by molar-refractivity contribution is 0.100. The average molecular weight is 262 g/mol. The Balaban J connectivity index is 2.05. The number of carbonyl (C=O) groups excluding carboxylic acids is 1. The molecule has 0 aromatic carbocycles. The van der Waals surface area contributed by atoms with Gasteiger partial charge in [-0.1, -0.05) is 13.3 Å². The van der Waals surface area contributed by atoms with Crippen LogP contribution in [0.25, 0.3) is 0 Å². The lowest BCUT2D eigenvalue weighted by atomic mass is 9.84. The molecule has 1 aliphatic rings. The summed E-state index contributed by atoms with van der Waals surface area (Å²) >= 11 is 0. The maximum absolute atomic E-state index is 11.4. The Morgan fingerprint density at radius 2 is 2.11 bits per heavy atom. The zero-order chi connectivity index (χ0) is 13.8. The summed E-state index contributed by atoms with van der Waals surface area (Å²) in [5.41, 5.74) is 12.1. The smallest absolute Gasteiger partial charge is 0.250 e. The topological polar surface area (TPSA) is 94.0 Å². The van der Waals surface area contributed by atoms with Crippen LogP contribution in [0.4, 0.5) is 11.5 Å². The van der Waals surface area contributed by atoms with Gasteiger partial charge in [0.25, 0.3) is 5.91 Å². The second kappa shape index (κ2) is 5.91. The van der Waals surface area contributed by atoms with E-state index in [2.05, 4.69) is 17.2 Å². The SMILES string of the molecule is CCC1CCC(Nc2cnc(N)cc2C(N)=O)CC1. The highest BCUT2D eigenvalue weighted by molar-refractivity contribution is 5.99. The van der Waals surface area contributed by atoms with E-state index < -0.39 is 5.91 Å². The van der Waals surface area contributed by atoms with Gasteiger partial charge in [0.15, 0.2) is 0 Å². The molecule has 0 saturated heterocycles. The molecule has 0 radical (unpaired) electrons. The Morgan fingerprint density at radius 3 is 2.68 bits per heavy atom. The first-order chi connectivity index (χ1) is 9.10. The van der Waals surface area contributed by atoms with E-state index in [-0.39, 0.29) is 0 Å². The summed E-state index contributed by atoms with van der Waals surface area (Å²) in [6.07, 6.45) is 7.58. The number of nitrogen functional groups attached to an aromatic ring is 1. The van der Waals surface area contributed by atoms with E-state index in [1.807, 2.05) is 0 Å². The molecule has 0 spiro atoms. The van der Waals surface area contributed by atoms with Gasteiger partial charge < -0.3 is 16.8 Å². The van der Waals surface area contributed by atoms with Crippen molar-refractivity contribution >= 4 is 17.4 Å². The van der Waals surface area contributed by atoms with E-state index in [0.717, 1.165) is 18.8 Å². The number of nitrogens with zero attached hydrogens (tertiary/aromatic N) is 1. The molecule has 1 aromatic rings. The molecule has 5 nitrogen and oxygen atoms in total. The van der Waals surface area contributed by atoms with Crippen LogP contribution in [-0.2, 0) is 0 Å². The summed E-state index contributed by atoms with van der Waals surface area (Å²) in [6.45, 7) is 2.24. The second-order valence-corrected chi connectivity index (χ2v) is 5.29. The number of rotatable bonds is 4. The predicted octanol–water partition coefficient (Wildman–Crippen LogP) is 2.14. The summed E-state index contributed by atoms with van der Waals surface area (Å²) in [6, 6.07) is 1.92. The molecule has 19 heavy (non-hydrogen) atoms. The number of aromatic nitrogens is 1. The highest BCUT2D eigenvalue weighted by Crippen LogP contribution is 2.29. The Labute approximate surface area is 113 Å². The van der Waals surface area contributed by atoms with Crippen molar-refractivity contribution in [2.45, 2.75) is 45.1 Å². The Hall–Kier alpha value is -1.78. The number of nitrogens with two attached hydrogens (primary N) is 2. The predicted molar refractivity (Wildman–Crippen MR) is 76.8 cm³/mol. The van der Waals surface area contributed by atoms with Crippen LogP contribution in [0.1, 0.15) is 49.4 Å². The minimum Gasteiger partial charge on any atom is -0.384 e. The van der Waals surface area contributed by atoms with Gasteiger partial charge in [-0.15, -0.1) is 0 Å². The van der Waals surface area contributed by atoms with E-state index >= 15 is 0 Å². The fourth-order valence-electron chi connectivity index (χ4n) is 2.73. The number of pyridine rings is 1. The van der Waals surface area contributed by atoms with E-state index in [9.17, 15) is 4.79 Å². The van der Waals surface area contributed by atoms with E-state index in [1.165, 1.54) is 25.3 Å². The molecule has 1 aliphatic carbocycles. The highest BCUT2D eigenvalue weighted by atomic mass is 16.1. The van der Waals surface area contributed by atoms with Crippen molar-refractivity contribution in [3.8, 4) is 0 Å². The molecular formula is C14H22N4O. The van der Waals surface area contributed by atoms with Crippen LogP contribution < -0.4 is 16.8 Å². The van der Waals surface area contributed by atoms with Gasteiger partial charge in [-0.3, -0.25) is 4.79 Å². The number of hydrogen-bond acceptors (Lipinski definition) is 4. The van der Waals surface area contributed by atoms with Crippen molar-refractivity contribution in [1.82, 2.24) is 4.98 Å². The number of amides is 1. The Bertz CT molecular complexity index is 453. The van der Waals surface area contributed by atoms with Gasteiger partial charge in [0, 0.05) is 6.04 Å². The van der Waals surface area contributed by atoms with Crippen molar-refractivity contribution < 1.29 is 4.79 Å². The van der Waals surface area contributed by atoms with Crippen LogP contribution in [-0.4, -0.2) is 16.9 Å². The van der Waals surface area contributed by atoms with Crippen molar-refractivity contribution in [2.24, 2.45) is 11.7 Å². The molecule has 1 amide bonds. The minimum absolute atomic E-state index is 0.314. The molecule has 5 N–H and O–H groups in total. The second-order valence-electron chi connectivity index (χ2n) is 5.29. The molecule has 1 aromatic heterocycles. The van der Waals surface area contributed by atoms with Crippen LogP contribution in [0.15, 0.2) is 12.3 Å². The standard InChI is InChI=1S/C14H22N4O/c1-2-9-3-5-10(6-4-9)18-12-8-17-13(15)7-11(12)14(16)19/h7-10,18H,2-6H2,1H3,(H2,15,17)(H2,16,19). The Kier molecular flexibility index (Phi) is 4.24. The van der Waals surface area contributed by atoms with Gasteiger partial charge in [0.2, 0.25) is 0 Å². The van der Waals surface area contributed by atoms with Crippen LogP contribution in [0.3, 0.4) is 0 Å². The van der Waals surface area contributed by atoms with Crippen LogP contribution in [0.5, 0.6) is 0 Å². The first kappa shape index (κ1) is 13.6. The Morgan fingerprint density at radius 1 is 1.42 bits per heavy atom. The lowest BCUT2D eigenvalue weighted by Gasteiger charge is -2.29. The third-order valence-corrected chi connectivity index (χ3v) is 3.97. The largest absolute Gasteiger partial charge is 0.384 e. The fraction of sp³-hybridized carbons (Fsp3) is 0.571. The molecule has 0 atom stereocenters. The summed E-state index contributed by atoms with van der Waals surface area (Å²) < 4.78 is 0. The molecule has 0 aliphatic heterocycles. The van der Waals surface area contributed by atoms with Crippen molar-refractivity contribution in [2.75, 3.05) is 11.1 Å². The summed E-state index contributed by atoms with van der Waals surface area (Å²) in [7, 11) is 0. The third kappa shape index (κ3) is 3.36. The van der Waals surface area contributed by atoms with E-state index in [0.29, 0.717) is 23.1 Å².